The molecular weight excluding hydrogens is 284 g/mol. The van der Waals surface area contributed by atoms with E-state index in [0.717, 1.165) is 0 Å². The Labute approximate surface area is 118 Å². The van der Waals surface area contributed by atoms with Crippen LogP contribution in [0.1, 0.15) is 26.7 Å². The highest BCUT2D eigenvalue weighted by atomic mass is 32.2. The molecular formula is C12H20N2O5S. The highest BCUT2D eigenvalue weighted by Crippen LogP contribution is 2.31. The fraction of sp³-hybridized carbons (Fsp3) is 0.833. The minimum atomic E-state index is -3.09. The fourth-order valence-corrected chi connectivity index (χ4v) is 4.85. The van der Waals surface area contributed by atoms with Crippen molar-refractivity contribution in [2.24, 2.45) is 5.41 Å². The molecule has 2 saturated heterocycles. The number of carbonyl (C=O) groups is 2. The molecule has 8 heteroatoms. The fourth-order valence-electron chi connectivity index (χ4n) is 2.76. The number of carboxylic acids is 1. The van der Waals surface area contributed by atoms with Gasteiger partial charge < -0.3 is 15.3 Å². The van der Waals surface area contributed by atoms with E-state index in [4.69, 9.17) is 5.11 Å². The van der Waals surface area contributed by atoms with Crippen LogP contribution in [0.4, 0.5) is 4.79 Å². The number of sulfone groups is 1. The third kappa shape index (κ3) is 2.89. The van der Waals surface area contributed by atoms with Crippen molar-refractivity contribution in [3.63, 3.8) is 0 Å². The lowest BCUT2D eigenvalue weighted by molar-refractivity contribution is -0.147. The van der Waals surface area contributed by atoms with Crippen molar-refractivity contribution in [3.05, 3.63) is 0 Å². The maximum Gasteiger partial charge on any atom is 0.317 e. The Hall–Kier alpha value is -1.31. The number of likely N-dealkylation sites (tertiary alicyclic amines) is 1. The largest absolute Gasteiger partial charge is 0.481 e. The third-order valence-electron chi connectivity index (χ3n) is 4.19. The van der Waals surface area contributed by atoms with Gasteiger partial charge in [-0.2, -0.15) is 0 Å². The van der Waals surface area contributed by atoms with Crippen molar-refractivity contribution in [1.82, 2.24) is 10.2 Å². The van der Waals surface area contributed by atoms with Gasteiger partial charge in [0.2, 0.25) is 0 Å². The molecule has 20 heavy (non-hydrogen) atoms. The zero-order valence-electron chi connectivity index (χ0n) is 11.7. The molecule has 2 fully saturated rings. The van der Waals surface area contributed by atoms with Gasteiger partial charge in [0.15, 0.2) is 9.84 Å². The van der Waals surface area contributed by atoms with E-state index in [9.17, 15) is 18.0 Å². The van der Waals surface area contributed by atoms with Crippen molar-refractivity contribution in [1.29, 1.82) is 0 Å². The van der Waals surface area contributed by atoms with E-state index in [1.54, 1.807) is 13.8 Å². The lowest BCUT2D eigenvalue weighted by Crippen LogP contribution is -2.52. The molecule has 114 valence electrons. The SMILES string of the molecule is CC1(NC(=O)N2CCC(C)(C(=O)O)C2)CCS(=O)(=O)C1. The van der Waals surface area contributed by atoms with E-state index >= 15 is 0 Å². The van der Waals surface area contributed by atoms with E-state index in [1.807, 2.05) is 0 Å². The van der Waals surface area contributed by atoms with Crippen LogP contribution < -0.4 is 5.32 Å². The summed E-state index contributed by atoms with van der Waals surface area (Å²) in [5.41, 5.74) is -1.67. The number of nitrogens with one attached hydrogen (secondary N) is 1. The van der Waals surface area contributed by atoms with E-state index in [2.05, 4.69) is 5.32 Å². The second-order valence-electron chi connectivity index (χ2n) is 6.37. The standard InChI is InChI=1S/C12H20N2O5S/c1-11(9(15)16)3-5-14(7-11)10(17)13-12(2)4-6-20(18,19)8-12/h3-8H2,1-2H3,(H,13,17)(H,15,16). The van der Waals surface area contributed by atoms with Gasteiger partial charge in [-0.1, -0.05) is 0 Å². The molecule has 2 aliphatic heterocycles. The van der Waals surface area contributed by atoms with Crippen LogP contribution in [0.2, 0.25) is 0 Å². The van der Waals surface area contributed by atoms with Gasteiger partial charge in [0, 0.05) is 13.1 Å². The Morgan fingerprint density at radius 3 is 2.35 bits per heavy atom. The van der Waals surface area contributed by atoms with Crippen molar-refractivity contribution in [2.75, 3.05) is 24.6 Å². The van der Waals surface area contributed by atoms with E-state index in [0.29, 0.717) is 19.4 Å². The van der Waals surface area contributed by atoms with Crippen LogP contribution in [0.3, 0.4) is 0 Å². The van der Waals surface area contributed by atoms with E-state index in [1.165, 1.54) is 4.90 Å². The minimum Gasteiger partial charge on any atom is -0.481 e. The Balaban J connectivity index is 1.99. The number of hydrogen-bond donors (Lipinski definition) is 2. The predicted octanol–water partition coefficient (Wildman–Crippen LogP) is 0.0698. The van der Waals surface area contributed by atoms with Crippen LogP contribution in [-0.4, -0.2) is 60.6 Å². The van der Waals surface area contributed by atoms with Gasteiger partial charge >= 0.3 is 12.0 Å². The van der Waals surface area contributed by atoms with Crippen LogP contribution >= 0.6 is 0 Å². The first-order chi connectivity index (χ1) is 9.05. The summed E-state index contributed by atoms with van der Waals surface area (Å²) in [7, 11) is -3.09. The Morgan fingerprint density at radius 1 is 1.25 bits per heavy atom. The summed E-state index contributed by atoms with van der Waals surface area (Å²) in [5.74, 6) is -0.894. The molecule has 2 rings (SSSR count). The Bertz CT molecular complexity index is 546. The van der Waals surface area contributed by atoms with Crippen molar-refractivity contribution in [3.8, 4) is 0 Å². The minimum absolute atomic E-state index is 0.0597. The highest BCUT2D eigenvalue weighted by Gasteiger charge is 2.45. The molecule has 2 heterocycles. The third-order valence-corrected chi connectivity index (χ3v) is 6.09. The van der Waals surface area contributed by atoms with Crippen LogP contribution in [0.25, 0.3) is 0 Å². The summed E-state index contributed by atoms with van der Waals surface area (Å²) in [6, 6.07) is -0.380. The summed E-state index contributed by atoms with van der Waals surface area (Å²) in [6.07, 6.45) is 0.801. The Kier molecular flexibility index (Phi) is 3.48. The van der Waals surface area contributed by atoms with Gasteiger partial charge in [-0.05, 0) is 26.7 Å². The number of hydrogen-bond acceptors (Lipinski definition) is 4. The lowest BCUT2D eigenvalue weighted by atomic mass is 9.90. The summed E-state index contributed by atoms with van der Waals surface area (Å²) >= 11 is 0. The average Bonchev–Trinajstić information content (AvgIpc) is 2.81. The molecule has 0 aliphatic carbocycles. The van der Waals surface area contributed by atoms with Gasteiger partial charge in [-0.15, -0.1) is 0 Å². The topological polar surface area (TPSA) is 104 Å². The van der Waals surface area contributed by atoms with Crippen LogP contribution in [0.5, 0.6) is 0 Å². The van der Waals surface area contributed by atoms with Crippen molar-refractivity contribution >= 4 is 21.8 Å². The molecule has 2 atom stereocenters. The number of carboxylic acid groups (broad SMARTS) is 1. The van der Waals surface area contributed by atoms with Gasteiger partial charge in [-0.3, -0.25) is 4.79 Å². The number of urea groups is 1. The summed E-state index contributed by atoms with van der Waals surface area (Å²) < 4.78 is 23.0. The van der Waals surface area contributed by atoms with Crippen LogP contribution in [-0.2, 0) is 14.6 Å². The molecule has 0 aromatic heterocycles. The second-order valence-corrected chi connectivity index (χ2v) is 8.55. The van der Waals surface area contributed by atoms with Crippen LogP contribution in [0.15, 0.2) is 0 Å². The zero-order chi connectivity index (χ0) is 15.2. The monoisotopic (exact) mass is 304 g/mol. The normalized spacial score (nSPS) is 36.0. The quantitative estimate of drug-likeness (QED) is 0.751. The highest BCUT2D eigenvalue weighted by molar-refractivity contribution is 7.91. The number of carbonyl (C=O) groups excluding carboxylic acids is 1. The van der Waals surface area contributed by atoms with Crippen molar-refractivity contribution in [2.45, 2.75) is 32.2 Å². The molecule has 0 aromatic rings. The number of nitrogens with zero attached hydrogens (tertiary/aromatic N) is 1. The van der Waals surface area contributed by atoms with Gasteiger partial charge in [0.25, 0.3) is 0 Å². The molecule has 0 spiro atoms. The Morgan fingerprint density at radius 2 is 1.90 bits per heavy atom. The molecule has 0 radical (unpaired) electrons. The first-order valence-electron chi connectivity index (χ1n) is 6.56. The molecule has 0 bridgehead atoms. The molecule has 2 aliphatic rings. The van der Waals surface area contributed by atoms with Crippen molar-refractivity contribution < 1.29 is 23.1 Å². The smallest absolute Gasteiger partial charge is 0.317 e. The average molecular weight is 304 g/mol. The lowest BCUT2D eigenvalue weighted by Gasteiger charge is -2.28. The zero-order valence-corrected chi connectivity index (χ0v) is 12.5. The van der Waals surface area contributed by atoms with Gasteiger partial charge in [0.05, 0.1) is 22.5 Å². The second kappa shape index (κ2) is 4.61. The molecule has 7 nitrogen and oxygen atoms in total. The summed E-state index contributed by atoms with van der Waals surface area (Å²) in [5, 5.41) is 11.9. The summed E-state index contributed by atoms with van der Waals surface area (Å²) in [4.78, 5) is 24.8. The summed E-state index contributed by atoms with van der Waals surface area (Å²) in [6.45, 7) is 3.85. The first kappa shape index (κ1) is 15.1. The first-order valence-corrected chi connectivity index (χ1v) is 8.38. The van der Waals surface area contributed by atoms with Gasteiger partial charge in [0.1, 0.15) is 0 Å². The van der Waals surface area contributed by atoms with E-state index < -0.39 is 26.8 Å². The molecule has 2 unspecified atom stereocenters. The number of rotatable bonds is 2. The molecule has 0 aromatic carbocycles. The molecule has 0 saturated carbocycles. The maximum absolute atomic E-state index is 12.2. The predicted molar refractivity (Wildman–Crippen MR) is 72.1 cm³/mol. The van der Waals surface area contributed by atoms with E-state index in [-0.39, 0.29) is 24.1 Å². The molecule has 2 amide bonds. The molecule has 2 N–H and O–H groups in total. The van der Waals surface area contributed by atoms with Gasteiger partial charge in [-0.25, -0.2) is 13.2 Å². The number of amides is 2. The number of aliphatic carboxylic acids is 1. The maximum atomic E-state index is 12.2. The van der Waals surface area contributed by atoms with Crippen LogP contribution in [0, 0.1) is 5.41 Å².